The van der Waals surface area contributed by atoms with Crippen LogP contribution in [0, 0.1) is 10.1 Å². The highest BCUT2D eigenvalue weighted by molar-refractivity contribution is 8.00. The van der Waals surface area contributed by atoms with Gasteiger partial charge in [-0.15, -0.1) is 11.8 Å². The van der Waals surface area contributed by atoms with Gasteiger partial charge in [0.05, 0.1) is 17.8 Å². The predicted octanol–water partition coefficient (Wildman–Crippen LogP) is 2.94. The fourth-order valence-electron chi connectivity index (χ4n) is 2.17. The van der Waals surface area contributed by atoms with E-state index in [1.165, 1.54) is 30.8 Å². The highest BCUT2D eigenvalue weighted by Gasteiger charge is 2.17. The highest BCUT2D eigenvalue weighted by Crippen LogP contribution is 2.21. The molecule has 2 aromatic rings. The number of non-ortho nitro benzene ring substituents is 1. The maximum absolute atomic E-state index is 12.1. The summed E-state index contributed by atoms with van der Waals surface area (Å²) in [5.41, 5.74) is 0.871. The van der Waals surface area contributed by atoms with Crippen LogP contribution in [-0.2, 0) is 20.9 Å². The van der Waals surface area contributed by atoms with Gasteiger partial charge in [0.15, 0.2) is 6.10 Å². The second-order valence-electron chi connectivity index (χ2n) is 5.74. The van der Waals surface area contributed by atoms with Crippen LogP contribution in [0.4, 0.5) is 5.69 Å². The number of thioether (sulfide) groups is 1. The van der Waals surface area contributed by atoms with Gasteiger partial charge in [-0.1, -0.05) is 12.1 Å². The summed E-state index contributed by atoms with van der Waals surface area (Å²) in [5.74, 6) is -0.226. The van der Waals surface area contributed by atoms with Gasteiger partial charge in [0.25, 0.3) is 11.6 Å². The quantitative estimate of drug-likeness (QED) is 0.296. The Balaban J connectivity index is 1.74. The van der Waals surface area contributed by atoms with Gasteiger partial charge in [0, 0.05) is 23.6 Å². The largest absolute Gasteiger partial charge is 0.497 e. The van der Waals surface area contributed by atoms with E-state index in [9.17, 15) is 19.7 Å². The van der Waals surface area contributed by atoms with Gasteiger partial charge in [0.1, 0.15) is 5.75 Å². The van der Waals surface area contributed by atoms with Gasteiger partial charge in [-0.05, 0) is 36.8 Å². The summed E-state index contributed by atoms with van der Waals surface area (Å²) in [6, 6.07) is 13.1. The van der Waals surface area contributed by atoms with E-state index in [1.54, 1.807) is 31.4 Å². The van der Waals surface area contributed by atoms with Gasteiger partial charge in [0.2, 0.25) is 0 Å². The maximum Gasteiger partial charge on any atom is 0.317 e. The maximum atomic E-state index is 12.1. The molecule has 0 aliphatic carbocycles. The molecular weight excluding hydrogens is 384 g/mol. The van der Waals surface area contributed by atoms with E-state index in [4.69, 9.17) is 9.47 Å². The number of hydrogen-bond donors (Lipinski definition) is 1. The first kappa shape index (κ1) is 21.2. The van der Waals surface area contributed by atoms with E-state index in [0.29, 0.717) is 11.4 Å². The van der Waals surface area contributed by atoms with Crippen molar-refractivity contribution < 1.29 is 24.0 Å². The monoisotopic (exact) mass is 404 g/mol. The summed E-state index contributed by atoms with van der Waals surface area (Å²) in [5, 5.41) is 13.3. The van der Waals surface area contributed by atoms with Crippen molar-refractivity contribution in [2.45, 2.75) is 24.5 Å². The Morgan fingerprint density at radius 2 is 1.79 bits per heavy atom. The standard InChI is InChI=1S/C19H20N2O6S/c1-13(19(23)20-11-14-3-7-16(26-2)8-4-14)27-18(22)12-28-17-9-5-15(6-10-17)21(24)25/h3-10,13H,11-12H2,1-2H3,(H,20,23)/t13-/m1/s1. The molecule has 0 aliphatic rings. The van der Waals surface area contributed by atoms with Crippen LogP contribution < -0.4 is 10.1 Å². The summed E-state index contributed by atoms with van der Waals surface area (Å²) < 4.78 is 10.2. The van der Waals surface area contributed by atoms with Crippen molar-refractivity contribution in [2.75, 3.05) is 12.9 Å². The number of carbonyl (C=O) groups excluding carboxylic acids is 2. The number of methoxy groups -OCH3 is 1. The molecule has 0 fully saturated rings. The molecule has 0 bridgehead atoms. The van der Waals surface area contributed by atoms with Gasteiger partial charge in [-0.3, -0.25) is 19.7 Å². The smallest absolute Gasteiger partial charge is 0.317 e. The van der Waals surface area contributed by atoms with Crippen molar-refractivity contribution >= 4 is 29.3 Å². The number of carbonyl (C=O) groups is 2. The van der Waals surface area contributed by atoms with Gasteiger partial charge in [-0.25, -0.2) is 0 Å². The lowest BCUT2D eigenvalue weighted by molar-refractivity contribution is -0.384. The van der Waals surface area contributed by atoms with Gasteiger partial charge in [-0.2, -0.15) is 0 Å². The molecule has 8 nitrogen and oxygen atoms in total. The number of hydrogen-bond acceptors (Lipinski definition) is 7. The van der Waals surface area contributed by atoms with Crippen molar-refractivity contribution in [3.05, 3.63) is 64.2 Å². The molecule has 9 heteroatoms. The fraction of sp³-hybridized carbons (Fsp3) is 0.263. The van der Waals surface area contributed by atoms with Crippen molar-refractivity contribution in [3.63, 3.8) is 0 Å². The number of rotatable bonds is 9. The molecule has 0 unspecified atom stereocenters. The normalized spacial score (nSPS) is 11.4. The number of esters is 1. The lowest BCUT2D eigenvalue weighted by Crippen LogP contribution is -2.35. The van der Waals surface area contributed by atoms with Crippen molar-refractivity contribution in [1.82, 2.24) is 5.32 Å². The van der Waals surface area contributed by atoms with E-state index < -0.39 is 22.9 Å². The van der Waals surface area contributed by atoms with Crippen molar-refractivity contribution in [3.8, 4) is 5.75 Å². The molecule has 1 amide bonds. The SMILES string of the molecule is COc1ccc(CNC(=O)[C@@H](C)OC(=O)CSc2ccc([N+](=O)[O-])cc2)cc1. The second kappa shape index (κ2) is 10.3. The number of nitro benzene ring substituents is 1. The Labute approximate surface area is 166 Å². The molecule has 0 aromatic heterocycles. The van der Waals surface area contributed by atoms with E-state index in [2.05, 4.69) is 5.32 Å². The molecule has 2 rings (SSSR count). The van der Waals surface area contributed by atoms with Crippen LogP contribution in [0.3, 0.4) is 0 Å². The summed E-state index contributed by atoms with van der Waals surface area (Å²) in [4.78, 5) is 34.8. The third kappa shape index (κ3) is 6.58. The van der Waals surface area contributed by atoms with E-state index >= 15 is 0 Å². The summed E-state index contributed by atoms with van der Waals surface area (Å²) in [6.45, 7) is 1.81. The summed E-state index contributed by atoms with van der Waals surface area (Å²) >= 11 is 1.18. The van der Waals surface area contributed by atoms with Crippen LogP contribution >= 0.6 is 11.8 Å². The minimum atomic E-state index is -0.928. The number of nitro groups is 1. The van der Waals surface area contributed by atoms with Crippen LogP contribution in [-0.4, -0.2) is 35.8 Å². The third-order valence-corrected chi connectivity index (χ3v) is 4.69. The summed E-state index contributed by atoms with van der Waals surface area (Å²) in [6.07, 6.45) is -0.928. The molecule has 0 spiro atoms. The van der Waals surface area contributed by atoms with Gasteiger partial charge < -0.3 is 14.8 Å². The van der Waals surface area contributed by atoms with E-state index in [1.807, 2.05) is 12.1 Å². The summed E-state index contributed by atoms with van der Waals surface area (Å²) in [7, 11) is 1.58. The van der Waals surface area contributed by atoms with E-state index in [-0.39, 0.29) is 11.4 Å². The average Bonchev–Trinajstić information content (AvgIpc) is 2.71. The Hall–Kier alpha value is -3.07. The molecular formula is C19H20N2O6S. The highest BCUT2D eigenvalue weighted by atomic mass is 32.2. The molecule has 0 radical (unpaired) electrons. The number of benzene rings is 2. The van der Waals surface area contributed by atoms with Crippen LogP contribution in [0.5, 0.6) is 5.75 Å². The topological polar surface area (TPSA) is 108 Å². The fourth-order valence-corrected chi connectivity index (χ4v) is 2.85. The Morgan fingerprint density at radius 3 is 2.36 bits per heavy atom. The van der Waals surface area contributed by atoms with Crippen molar-refractivity contribution in [2.24, 2.45) is 0 Å². The Morgan fingerprint density at radius 1 is 1.14 bits per heavy atom. The number of ether oxygens (including phenoxy) is 2. The van der Waals surface area contributed by atoms with Crippen molar-refractivity contribution in [1.29, 1.82) is 0 Å². The Bertz CT molecular complexity index is 823. The molecule has 148 valence electrons. The minimum absolute atomic E-state index is 0.00604. The number of nitrogens with zero attached hydrogens (tertiary/aromatic N) is 1. The van der Waals surface area contributed by atoms with Crippen LogP contribution in [0.25, 0.3) is 0 Å². The van der Waals surface area contributed by atoms with Gasteiger partial charge >= 0.3 is 5.97 Å². The zero-order chi connectivity index (χ0) is 20.5. The minimum Gasteiger partial charge on any atom is -0.497 e. The molecule has 0 heterocycles. The van der Waals surface area contributed by atoms with Crippen LogP contribution in [0.1, 0.15) is 12.5 Å². The lowest BCUT2D eigenvalue weighted by atomic mass is 10.2. The molecule has 2 aromatic carbocycles. The number of amides is 1. The number of nitrogens with one attached hydrogen (secondary N) is 1. The first-order valence-corrected chi connectivity index (χ1v) is 9.35. The first-order valence-electron chi connectivity index (χ1n) is 8.36. The zero-order valence-electron chi connectivity index (χ0n) is 15.4. The predicted molar refractivity (Wildman–Crippen MR) is 104 cm³/mol. The Kier molecular flexibility index (Phi) is 7.82. The van der Waals surface area contributed by atoms with Crippen LogP contribution in [0.15, 0.2) is 53.4 Å². The molecule has 0 saturated heterocycles. The third-order valence-electron chi connectivity index (χ3n) is 3.71. The van der Waals surface area contributed by atoms with Crippen LogP contribution in [0.2, 0.25) is 0 Å². The molecule has 1 atom stereocenters. The van der Waals surface area contributed by atoms with E-state index in [0.717, 1.165) is 11.3 Å². The first-order chi connectivity index (χ1) is 13.4. The second-order valence-corrected chi connectivity index (χ2v) is 6.79. The zero-order valence-corrected chi connectivity index (χ0v) is 16.2. The molecule has 0 aliphatic heterocycles. The molecule has 28 heavy (non-hydrogen) atoms. The average molecular weight is 404 g/mol. The molecule has 0 saturated carbocycles. The lowest BCUT2D eigenvalue weighted by Gasteiger charge is -2.13. The molecule has 1 N–H and O–H groups in total.